The zero-order chi connectivity index (χ0) is 21.6. The van der Waals surface area contributed by atoms with E-state index in [0.717, 1.165) is 30.3 Å². The fourth-order valence-electron chi connectivity index (χ4n) is 3.47. The zero-order valence-corrected chi connectivity index (χ0v) is 16.4. The minimum Gasteiger partial charge on any atom is -0.506 e. The predicted octanol–water partition coefficient (Wildman–Crippen LogP) is 1.11. The molecule has 1 aliphatic carbocycles. The topological polar surface area (TPSA) is 158 Å². The van der Waals surface area contributed by atoms with E-state index in [2.05, 4.69) is 5.32 Å². The molecule has 5 N–H and O–H groups in total. The normalized spacial score (nSPS) is 14.4. The summed E-state index contributed by atoms with van der Waals surface area (Å²) in [5.74, 6) is -4.92. The maximum Gasteiger partial charge on any atom is 0.322 e. The van der Waals surface area contributed by atoms with Crippen molar-refractivity contribution in [1.82, 2.24) is 15.2 Å². The first-order valence-corrected chi connectivity index (χ1v) is 9.78. The molecule has 0 atom stereocenters. The summed E-state index contributed by atoms with van der Waals surface area (Å²) in [6.07, 6.45) is 5.23. The number of carboxylic acids is 1. The van der Waals surface area contributed by atoms with Gasteiger partial charge in [-0.1, -0.05) is 32.6 Å². The number of unbranched alkanes of at least 4 members (excludes halogenated alkanes) is 1. The van der Waals surface area contributed by atoms with Crippen LogP contribution < -0.4 is 16.2 Å². The number of rotatable bonds is 8. The average molecular weight is 409 g/mol. The number of aliphatic carboxylic acids is 1. The van der Waals surface area contributed by atoms with E-state index in [4.69, 9.17) is 5.11 Å². The van der Waals surface area contributed by atoms with E-state index >= 15 is 0 Å². The van der Waals surface area contributed by atoms with E-state index < -0.39 is 58.7 Å². The third-order valence-corrected chi connectivity index (χ3v) is 4.97. The minimum absolute atomic E-state index is 0.289. The molecule has 1 saturated carbocycles. The summed E-state index contributed by atoms with van der Waals surface area (Å²) < 4.78 is 0.975. The molecular formula is C19H27N3O7. The number of carboxylic acid groups (broad SMARTS) is 1. The number of aromatic hydroxyl groups is 2. The van der Waals surface area contributed by atoms with Gasteiger partial charge in [0.2, 0.25) is 5.88 Å². The number of carbonyl (C=O) groups excluding carboxylic acids is 2. The summed E-state index contributed by atoms with van der Waals surface area (Å²) in [5.41, 5.74) is -2.28. The first kappa shape index (κ1) is 22.3. The third-order valence-electron chi connectivity index (χ3n) is 4.97. The summed E-state index contributed by atoms with van der Waals surface area (Å²) in [6, 6.07) is -0.426. The molecule has 160 valence electrons. The van der Waals surface area contributed by atoms with Crippen LogP contribution >= 0.6 is 0 Å². The highest BCUT2D eigenvalue weighted by Crippen LogP contribution is 2.35. The SMILES string of the molecule is CCCCNC(=O)c1c(O)c(C(=O)NCC(=O)O)c(=O)n(C2CCCCC2)c1O. The highest BCUT2D eigenvalue weighted by molar-refractivity contribution is 6.05. The summed E-state index contributed by atoms with van der Waals surface area (Å²) in [5, 5.41) is 34.5. The second-order valence-electron chi connectivity index (χ2n) is 7.08. The first-order chi connectivity index (χ1) is 13.8. The molecule has 0 aromatic carbocycles. The number of hydrogen-bond donors (Lipinski definition) is 5. The lowest BCUT2D eigenvalue weighted by atomic mass is 9.94. The van der Waals surface area contributed by atoms with Crippen molar-refractivity contribution in [3.63, 3.8) is 0 Å². The van der Waals surface area contributed by atoms with Gasteiger partial charge < -0.3 is 26.0 Å². The molecule has 1 fully saturated rings. The van der Waals surface area contributed by atoms with Crippen LogP contribution in [0.15, 0.2) is 4.79 Å². The second-order valence-corrected chi connectivity index (χ2v) is 7.08. The number of aromatic nitrogens is 1. The molecule has 0 spiro atoms. The first-order valence-electron chi connectivity index (χ1n) is 9.78. The van der Waals surface area contributed by atoms with Crippen molar-refractivity contribution in [2.45, 2.75) is 57.9 Å². The van der Waals surface area contributed by atoms with E-state index in [1.165, 1.54) is 0 Å². The van der Waals surface area contributed by atoms with Gasteiger partial charge in [-0.2, -0.15) is 0 Å². The van der Waals surface area contributed by atoms with Gasteiger partial charge in [-0.05, 0) is 19.3 Å². The van der Waals surface area contributed by atoms with Gasteiger partial charge in [0.1, 0.15) is 17.7 Å². The molecule has 1 aromatic heterocycles. The summed E-state index contributed by atoms with van der Waals surface area (Å²) in [6.45, 7) is 1.45. The lowest BCUT2D eigenvalue weighted by Crippen LogP contribution is -2.38. The Balaban J connectivity index is 2.57. The molecular weight excluding hydrogens is 382 g/mol. The number of amides is 2. The molecule has 0 bridgehead atoms. The molecule has 2 amide bonds. The molecule has 2 rings (SSSR count). The maximum absolute atomic E-state index is 12.9. The number of nitrogens with one attached hydrogen (secondary N) is 2. The lowest BCUT2D eigenvalue weighted by Gasteiger charge is -2.26. The summed E-state index contributed by atoms with van der Waals surface area (Å²) in [7, 11) is 0. The minimum atomic E-state index is -1.33. The highest BCUT2D eigenvalue weighted by atomic mass is 16.4. The van der Waals surface area contributed by atoms with Gasteiger partial charge >= 0.3 is 5.97 Å². The molecule has 1 aliphatic rings. The van der Waals surface area contributed by atoms with Crippen LogP contribution in [0.4, 0.5) is 0 Å². The molecule has 1 aromatic rings. The molecule has 29 heavy (non-hydrogen) atoms. The standard InChI is InChI=1S/C19H27N3O7/c1-2-3-9-20-16(26)13-15(25)14(17(27)21-10-12(23)24)19(29)22(18(13)28)11-7-5-4-6-8-11/h11,25,28H,2-10H2,1H3,(H,20,26)(H,21,27)(H,23,24). The van der Waals surface area contributed by atoms with Crippen LogP contribution in [0.5, 0.6) is 11.6 Å². The molecule has 10 heteroatoms. The van der Waals surface area contributed by atoms with Crippen LogP contribution in [0, 0.1) is 0 Å². The Morgan fingerprint density at radius 1 is 1.03 bits per heavy atom. The number of pyridine rings is 1. The fraction of sp³-hybridized carbons (Fsp3) is 0.579. The van der Waals surface area contributed by atoms with Gasteiger partial charge in [0, 0.05) is 12.6 Å². The smallest absolute Gasteiger partial charge is 0.322 e. The molecule has 0 aliphatic heterocycles. The van der Waals surface area contributed by atoms with Crippen LogP contribution in [0.2, 0.25) is 0 Å². The monoisotopic (exact) mass is 409 g/mol. The van der Waals surface area contributed by atoms with Crippen molar-refractivity contribution in [2.24, 2.45) is 0 Å². The van der Waals surface area contributed by atoms with Crippen molar-refractivity contribution in [2.75, 3.05) is 13.1 Å². The number of carbonyl (C=O) groups is 3. The van der Waals surface area contributed by atoms with Crippen molar-refractivity contribution in [3.8, 4) is 11.6 Å². The Bertz CT molecular complexity index is 841. The second kappa shape index (κ2) is 9.94. The maximum atomic E-state index is 12.9. The molecule has 10 nitrogen and oxygen atoms in total. The van der Waals surface area contributed by atoms with Gasteiger partial charge in [0.05, 0.1) is 0 Å². The predicted molar refractivity (Wildman–Crippen MR) is 103 cm³/mol. The van der Waals surface area contributed by atoms with Crippen LogP contribution in [0.25, 0.3) is 0 Å². The zero-order valence-electron chi connectivity index (χ0n) is 16.4. The molecule has 0 unspecified atom stereocenters. The van der Waals surface area contributed by atoms with E-state index in [-0.39, 0.29) is 6.54 Å². The summed E-state index contributed by atoms with van der Waals surface area (Å²) >= 11 is 0. The van der Waals surface area contributed by atoms with Gasteiger partial charge in [0.25, 0.3) is 17.4 Å². The molecule has 0 radical (unpaired) electrons. The Labute approximate surface area is 167 Å². The van der Waals surface area contributed by atoms with Gasteiger partial charge in [-0.15, -0.1) is 0 Å². The molecule has 0 saturated heterocycles. The van der Waals surface area contributed by atoms with Crippen LogP contribution in [0.3, 0.4) is 0 Å². The van der Waals surface area contributed by atoms with Gasteiger partial charge in [0.15, 0.2) is 5.75 Å². The van der Waals surface area contributed by atoms with E-state index in [9.17, 15) is 29.4 Å². The van der Waals surface area contributed by atoms with Crippen LogP contribution in [-0.2, 0) is 4.79 Å². The quantitative estimate of drug-likeness (QED) is 0.402. The highest BCUT2D eigenvalue weighted by Gasteiger charge is 2.32. The number of hydrogen-bond acceptors (Lipinski definition) is 6. The number of nitrogens with zero attached hydrogens (tertiary/aromatic N) is 1. The van der Waals surface area contributed by atoms with E-state index in [0.29, 0.717) is 19.3 Å². The van der Waals surface area contributed by atoms with Crippen LogP contribution in [0.1, 0.15) is 78.6 Å². The van der Waals surface area contributed by atoms with Gasteiger partial charge in [-0.3, -0.25) is 23.7 Å². The van der Waals surface area contributed by atoms with Crippen molar-refractivity contribution in [1.29, 1.82) is 0 Å². The molecule has 1 heterocycles. The van der Waals surface area contributed by atoms with Crippen molar-refractivity contribution < 1.29 is 29.7 Å². The van der Waals surface area contributed by atoms with E-state index in [1.54, 1.807) is 0 Å². The fourth-order valence-corrected chi connectivity index (χ4v) is 3.47. The van der Waals surface area contributed by atoms with E-state index in [1.807, 2.05) is 12.2 Å². The Kier molecular flexibility index (Phi) is 7.63. The summed E-state index contributed by atoms with van der Waals surface area (Å²) in [4.78, 5) is 48.7. The van der Waals surface area contributed by atoms with Crippen molar-refractivity contribution in [3.05, 3.63) is 21.5 Å². The Morgan fingerprint density at radius 2 is 1.66 bits per heavy atom. The Morgan fingerprint density at radius 3 is 2.24 bits per heavy atom. The third kappa shape index (κ3) is 5.07. The van der Waals surface area contributed by atoms with Crippen molar-refractivity contribution >= 4 is 17.8 Å². The van der Waals surface area contributed by atoms with Gasteiger partial charge in [-0.25, -0.2) is 0 Å². The lowest BCUT2D eigenvalue weighted by molar-refractivity contribution is -0.135. The largest absolute Gasteiger partial charge is 0.506 e. The Hall–Kier alpha value is -3.04. The average Bonchev–Trinajstić information content (AvgIpc) is 2.67. The van der Waals surface area contributed by atoms with Crippen LogP contribution in [-0.4, -0.2) is 50.8 Å².